The number of amides is 2. The normalized spacial score (nSPS) is 15.1. The summed E-state index contributed by atoms with van der Waals surface area (Å²) in [5.41, 5.74) is 2.39. The first-order valence-electron chi connectivity index (χ1n) is 9.62. The van der Waals surface area contributed by atoms with Crippen molar-refractivity contribution >= 4 is 23.2 Å². The molecule has 1 aliphatic rings. The van der Waals surface area contributed by atoms with Gasteiger partial charge in [0.25, 0.3) is 5.91 Å². The molecule has 1 saturated heterocycles. The molecule has 146 valence electrons. The van der Waals surface area contributed by atoms with Crippen LogP contribution in [-0.2, 0) is 17.8 Å². The molecule has 0 atom stereocenters. The average Bonchev–Trinajstić information content (AvgIpc) is 3.27. The molecule has 7 heteroatoms. The highest BCUT2D eigenvalue weighted by Gasteiger charge is 2.24. The zero-order chi connectivity index (χ0) is 19.4. The Hall–Kier alpha value is -2.15. The second-order valence-corrected chi connectivity index (χ2v) is 8.18. The molecule has 0 unspecified atom stereocenters. The van der Waals surface area contributed by atoms with Crippen molar-refractivity contribution in [2.75, 3.05) is 19.6 Å². The van der Waals surface area contributed by atoms with Gasteiger partial charge in [-0.15, -0.1) is 11.3 Å². The Morgan fingerprint density at radius 2 is 2.04 bits per heavy atom. The third kappa shape index (κ3) is 4.58. The second kappa shape index (κ2) is 8.69. The summed E-state index contributed by atoms with van der Waals surface area (Å²) in [6.07, 6.45) is 2.37. The van der Waals surface area contributed by atoms with Crippen LogP contribution in [0.1, 0.15) is 46.4 Å². The molecule has 2 aromatic rings. The Bertz CT molecular complexity index is 789. The van der Waals surface area contributed by atoms with Gasteiger partial charge in [-0.25, -0.2) is 0 Å². The largest absolute Gasteiger partial charge is 0.352 e. The van der Waals surface area contributed by atoms with E-state index in [1.54, 1.807) is 11.3 Å². The van der Waals surface area contributed by atoms with Gasteiger partial charge in [0.2, 0.25) is 5.91 Å². The van der Waals surface area contributed by atoms with Crippen LogP contribution in [0.2, 0.25) is 0 Å². The van der Waals surface area contributed by atoms with E-state index in [1.165, 1.54) is 0 Å². The maximum Gasteiger partial charge on any atom is 0.255 e. The van der Waals surface area contributed by atoms with Crippen LogP contribution in [0, 0.1) is 19.8 Å². The van der Waals surface area contributed by atoms with Gasteiger partial charge in [-0.05, 0) is 51.0 Å². The summed E-state index contributed by atoms with van der Waals surface area (Å²) in [4.78, 5) is 28.0. The molecule has 0 saturated carbocycles. The van der Waals surface area contributed by atoms with E-state index >= 15 is 0 Å². The van der Waals surface area contributed by atoms with Crippen molar-refractivity contribution in [1.29, 1.82) is 0 Å². The lowest BCUT2D eigenvalue weighted by Gasteiger charge is -2.32. The van der Waals surface area contributed by atoms with Crippen LogP contribution >= 0.6 is 11.3 Å². The Morgan fingerprint density at radius 3 is 2.63 bits per heavy atom. The van der Waals surface area contributed by atoms with Gasteiger partial charge in [0, 0.05) is 36.8 Å². The van der Waals surface area contributed by atoms with Gasteiger partial charge in [0.15, 0.2) is 0 Å². The van der Waals surface area contributed by atoms with Gasteiger partial charge >= 0.3 is 0 Å². The highest BCUT2D eigenvalue weighted by atomic mass is 32.1. The van der Waals surface area contributed by atoms with Crippen LogP contribution < -0.4 is 5.32 Å². The molecule has 1 fully saturated rings. The zero-order valence-electron chi connectivity index (χ0n) is 16.3. The fraction of sp³-hybridized carbons (Fsp3) is 0.550. The highest BCUT2D eigenvalue weighted by molar-refractivity contribution is 7.10. The van der Waals surface area contributed by atoms with Crippen LogP contribution in [0.15, 0.2) is 17.5 Å². The summed E-state index contributed by atoms with van der Waals surface area (Å²) in [7, 11) is 0. The molecule has 6 nitrogen and oxygen atoms in total. The number of carbonyl (C=O) groups excluding carboxylic acids is 2. The van der Waals surface area contributed by atoms with Crippen LogP contribution in [0.4, 0.5) is 0 Å². The first kappa shape index (κ1) is 19.6. The van der Waals surface area contributed by atoms with Crippen molar-refractivity contribution < 1.29 is 9.59 Å². The third-order valence-electron chi connectivity index (χ3n) is 5.33. The van der Waals surface area contributed by atoms with Gasteiger partial charge < -0.3 is 10.2 Å². The van der Waals surface area contributed by atoms with Crippen LogP contribution in [0.5, 0.6) is 0 Å². The molecule has 2 aromatic heterocycles. The molecule has 3 rings (SSSR count). The topological polar surface area (TPSA) is 67.2 Å². The maximum atomic E-state index is 12.6. The number of aromatic nitrogens is 2. The lowest BCUT2D eigenvalue weighted by atomic mass is 9.96. The molecule has 0 aromatic carbocycles. The maximum absolute atomic E-state index is 12.6. The molecule has 0 bridgehead atoms. The smallest absolute Gasteiger partial charge is 0.255 e. The molecule has 1 N–H and O–H groups in total. The minimum absolute atomic E-state index is 0.0408. The minimum Gasteiger partial charge on any atom is -0.352 e. The summed E-state index contributed by atoms with van der Waals surface area (Å²) < 4.78 is 1.86. The number of nitrogens with one attached hydrogen (secondary N) is 1. The Balaban J connectivity index is 1.46. The van der Waals surface area contributed by atoms with Gasteiger partial charge in [-0.3, -0.25) is 14.3 Å². The fourth-order valence-corrected chi connectivity index (χ4v) is 4.42. The zero-order valence-corrected chi connectivity index (χ0v) is 17.1. The number of likely N-dealkylation sites (tertiary alicyclic amines) is 1. The minimum atomic E-state index is -0.0408. The number of carbonyl (C=O) groups is 2. The molecular weight excluding hydrogens is 360 g/mol. The first-order chi connectivity index (χ1) is 13.0. The quantitative estimate of drug-likeness (QED) is 0.827. The summed E-state index contributed by atoms with van der Waals surface area (Å²) in [5.74, 6) is 0.584. The van der Waals surface area contributed by atoms with Crippen molar-refractivity contribution in [3.8, 4) is 0 Å². The Labute approximate surface area is 164 Å². The summed E-state index contributed by atoms with van der Waals surface area (Å²) in [6.45, 7) is 8.81. The summed E-state index contributed by atoms with van der Waals surface area (Å²) in [6, 6.07) is 3.99. The van der Waals surface area contributed by atoms with Crippen molar-refractivity contribution in [3.63, 3.8) is 0 Å². The number of aryl methyl sites for hydroxylation is 2. The fourth-order valence-electron chi connectivity index (χ4n) is 3.72. The van der Waals surface area contributed by atoms with Crippen LogP contribution in [-0.4, -0.2) is 46.1 Å². The standard InChI is InChI=1S/C20H28N4O2S/c1-4-24-15(3)19(14(2)22-24)20(26)21-13-16-7-9-23(10-8-16)18(25)12-17-6-5-11-27-17/h5-6,11,16H,4,7-10,12-13H2,1-3H3,(H,21,26). The van der Waals surface area contributed by atoms with Crippen LogP contribution in [0.25, 0.3) is 0 Å². The molecular formula is C20H28N4O2S. The molecule has 0 spiro atoms. The van der Waals surface area contributed by atoms with Crippen molar-refractivity contribution in [2.24, 2.45) is 5.92 Å². The molecule has 2 amide bonds. The predicted molar refractivity (Wildman–Crippen MR) is 107 cm³/mol. The number of thiophene rings is 1. The lowest BCUT2D eigenvalue weighted by Crippen LogP contribution is -2.42. The number of piperidine rings is 1. The predicted octanol–water partition coefficient (Wildman–Crippen LogP) is 2.79. The number of nitrogens with zero attached hydrogens (tertiary/aromatic N) is 3. The van der Waals surface area contributed by atoms with Crippen molar-refractivity contribution in [3.05, 3.63) is 39.3 Å². The molecule has 27 heavy (non-hydrogen) atoms. The lowest BCUT2D eigenvalue weighted by molar-refractivity contribution is -0.131. The van der Waals surface area contributed by atoms with E-state index in [0.29, 0.717) is 24.4 Å². The van der Waals surface area contributed by atoms with E-state index in [2.05, 4.69) is 10.4 Å². The van der Waals surface area contributed by atoms with Crippen molar-refractivity contribution in [2.45, 2.75) is 46.6 Å². The van der Waals surface area contributed by atoms with Gasteiger partial charge in [-0.1, -0.05) is 6.07 Å². The van der Waals surface area contributed by atoms with E-state index < -0.39 is 0 Å². The van der Waals surface area contributed by atoms with Gasteiger partial charge in [0.1, 0.15) is 0 Å². The molecule has 3 heterocycles. The molecule has 0 radical (unpaired) electrons. The summed E-state index contributed by atoms with van der Waals surface area (Å²) >= 11 is 1.63. The first-order valence-corrected chi connectivity index (χ1v) is 10.5. The Morgan fingerprint density at radius 1 is 1.30 bits per heavy atom. The van der Waals surface area contributed by atoms with E-state index in [1.807, 2.05) is 47.9 Å². The number of rotatable bonds is 6. The number of hydrogen-bond acceptors (Lipinski definition) is 4. The van der Waals surface area contributed by atoms with Gasteiger partial charge in [-0.2, -0.15) is 5.10 Å². The SMILES string of the molecule is CCn1nc(C)c(C(=O)NCC2CCN(C(=O)Cc3cccs3)CC2)c1C. The monoisotopic (exact) mass is 388 g/mol. The third-order valence-corrected chi connectivity index (χ3v) is 6.21. The highest BCUT2D eigenvalue weighted by Crippen LogP contribution is 2.19. The van der Waals surface area contributed by atoms with E-state index in [9.17, 15) is 9.59 Å². The average molecular weight is 389 g/mol. The van der Waals surface area contributed by atoms with Crippen molar-refractivity contribution in [1.82, 2.24) is 20.0 Å². The second-order valence-electron chi connectivity index (χ2n) is 7.15. The van der Waals surface area contributed by atoms with E-state index in [4.69, 9.17) is 0 Å². The molecule has 1 aliphatic heterocycles. The number of hydrogen-bond donors (Lipinski definition) is 1. The van der Waals surface area contributed by atoms with E-state index in [0.717, 1.165) is 48.7 Å². The van der Waals surface area contributed by atoms with Crippen LogP contribution in [0.3, 0.4) is 0 Å². The Kier molecular flexibility index (Phi) is 6.31. The molecule has 0 aliphatic carbocycles. The van der Waals surface area contributed by atoms with E-state index in [-0.39, 0.29) is 11.8 Å². The summed E-state index contributed by atoms with van der Waals surface area (Å²) in [5, 5.41) is 9.50. The van der Waals surface area contributed by atoms with Gasteiger partial charge in [0.05, 0.1) is 17.7 Å².